The van der Waals surface area contributed by atoms with Gasteiger partial charge in [-0.1, -0.05) is 12.1 Å². The lowest BCUT2D eigenvalue weighted by Gasteiger charge is -2.04. The Kier molecular flexibility index (Phi) is 2.93. The van der Waals surface area contributed by atoms with Crippen LogP contribution in [0.1, 0.15) is 11.1 Å². The first-order valence-electron chi connectivity index (χ1n) is 6.09. The number of pyridine rings is 1. The van der Waals surface area contributed by atoms with E-state index in [1.165, 1.54) is 0 Å². The van der Waals surface area contributed by atoms with Crippen LogP contribution in [0.2, 0.25) is 0 Å². The third-order valence-electron chi connectivity index (χ3n) is 3.18. The molecule has 0 aliphatic heterocycles. The molecule has 4 heteroatoms. The monoisotopic (exact) mass is 254 g/mol. The molecule has 96 valence electrons. The second-order valence-corrected chi connectivity index (χ2v) is 4.48. The smallest absolute Gasteiger partial charge is 0.140 e. The number of hydrogen-bond donors (Lipinski definition) is 2. The van der Waals surface area contributed by atoms with Crippen LogP contribution < -0.4 is 0 Å². The van der Waals surface area contributed by atoms with E-state index in [-0.39, 0.29) is 12.4 Å². The van der Waals surface area contributed by atoms with Gasteiger partial charge in [0, 0.05) is 29.9 Å². The van der Waals surface area contributed by atoms with E-state index >= 15 is 0 Å². The Labute approximate surface area is 110 Å². The average molecular weight is 254 g/mol. The highest BCUT2D eigenvalue weighted by Crippen LogP contribution is 2.21. The van der Waals surface area contributed by atoms with Gasteiger partial charge in [-0.25, -0.2) is 4.98 Å². The normalized spacial score (nSPS) is 11.0. The average Bonchev–Trinajstić information content (AvgIpc) is 2.80. The Hall–Kier alpha value is -2.33. The van der Waals surface area contributed by atoms with E-state index in [1.54, 1.807) is 18.3 Å². The number of aliphatic hydroxyl groups excluding tert-OH is 1. The summed E-state index contributed by atoms with van der Waals surface area (Å²) in [6, 6.07) is 10.9. The Morgan fingerprint density at radius 1 is 1.11 bits per heavy atom. The lowest BCUT2D eigenvalue weighted by Crippen LogP contribution is -1.98. The predicted octanol–water partition coefficient (Wildman–Crippen LogP) is 2.28. The van der Waals surface area contributed by atoms with Gasteiger partial charge in [-0.2, -0.15) is 0 Å². The minimum Gasteiger partial charge on any atom is -0.508 e. The molecule has 0 radical (unpaired) electrons. The van der Waals surface area contributed by atoms with Gasteiger partial charge in [0.05, 0.1) is 6.61 Å². The molecule has 1 aromatic carbocycles. The lowest BCUT2D eigenvalue weighted by molar-refractivity contribution is 0.283. The molecule has 0 aliphatic carbocycles. The molecule has 3 rings (SSSR count). The SMILES string of the molecule is OCc1cn(Cc2ccc(O)cc2)c2ncccc12. The van der Waals surface area contributed by atoms with Crippen LogP contribution >= 0.6 is 0 Å². The molecule has 0 amide bonds. The third kappa shape index (κ3) is 2.18. The number of aromatic nitrogens is 2. The molecular weight excluding hydrogens is 240 g/mol. The highest BCUT2D eigenvalue weighted by molar-refractivity contribution is 5.80. The Morgan fingerprint density at radius 2 is 1.89 bits per heavy atom. The summed E-state index contributed by atoms with van der Waals surface area (Å²) in [5.41, 5.74) is 2.81. The number of phenols is 1. The molecule has 0 aliphatic rings. The number of fused-ring (bicyclic) bond motifs is 1. The maximum atomic E-state index is 9.38. The van der Waals surface area contributed by atoms with Gasteiger partial charge in [0.1, 0.15) is 11.4 Å². The molecule has 0 atom stereocenters. The van der Waals surface area contributed by atoms with Crippen molar-refractivity contribution in [1.82, 2.24) is 9.55 Å². The number of phenolic OH excluding ortho intramolecular Hbond substituents is 1. The highest BCUT2D eigenvalue weighted by atomic mass is 16.3. The quantitative estimate of drug-likeness (QED) is 0.754. The van der Waals surface area contributed by atoms with E-state index in [4.69, 9.17) is 0 Å². The number of benzene rings is 1. The fourth-order valence-electron chi connectivity index (χ4n) is 2.24. The largest absolute Gasteiger partial charge is 0.508 e. The van der Waals surface area contributed by atoms with E-state index < -0.39 is 0 Å². The minimum atomic E-state index is 0.00473. The first-order valence-corrected chi connectivity index (χ1v) is 6.09. The second kappa shape index (κ2) is 4.74. The zero-order valence-corrected chi connectivity index (χ0v) is 10.3. The Balaban J connectivity index is 2.03. The van der Waals surface area contributed by atoms with Crippen LogP contribution in [0.15, 0.2) is 48.8 Å². The summed E-state index contributed by atoms with van der Waals surface area (Å²) in [6.45, 7) is 0.665. The molecule has 0 saturated carbocycles. The topological polar surface area (TPSA) is 58.3 Å². The van der Waals surface area contributed by atoms with Gasteiger partial charge < -0.3 is 14.8 Å². The van der Waals surface area contributed by atoms with Crippen molar-refractivity contribution in [3.8, 4) is 5.75 Å². The summed E-state index contributed by atoms with van der Waals surface area (Å²) < 4.78 is 2.01. The van der Waals surface area contributed by atoms with Gasteiger partial charge >= 0.3 is 0 Å². The van der Waals surface area contributed by atoms with Crippen LogP contribution in [0.3, 0.4) is 0 Å². The first kappa shape index (κ1) is 11.7. The van der Waals surface area contributed by atoms with Crippen molar-refractivity contribution in [1.29, 1.82) is 0 Å². The minimum absolute atomic E-state index is 0.00473. The van der Waals surface area contributed by atoms with Gasteiger partial charge in [0.15, 0.2) is 0 Å². The first-order chi connectivity index (χ1) is 9.28. The maximum Gasteiger partial charge on any atom is 0.140 e. The highest BCUT2D eigenvalue weighted by Gasteiger charge is 2.08. The van der Waals surface area contributed by atoms with Crippen molar-refractivity contribution >= 4 is 11.0 Å². The third-order valence-corrected chi connectivity index (χ3v) is 3.18. The van der Waals surface area contributed by atoms with Gasteiger partial charge in [0.25, 0.3) is 0 Å². The van der Waals surface area contributed by atoms with Crippen molar-refractivity contribution in [3.05, 3.63) is 59.9 Å². The molecule has 2 heterocycles. The summed E-state index contributed by atoms with van der Waals surface area (Å²) in [5, 5.41) is 19.6. The second-order valence-electron chi connectivity index (χ2n) is 4.48. The van der Waals surface area contributed by atoms with Crippen molar-refractivity contribution in [3.63, 3.8) is 0 Å². The summed E-state index contributed by atoms with van der Waals surface area (Å²) in [4.78, 5) is 4.37. The zero-order valence-electron chi connectivity index (χ0n) is 10.3. The fourth-order valence-corrected chi connectivity index (χ4v) is 2.24. The van der Waals surface area contributed by atoms with E-state index in [0.29, 0.717) is 6.54 Å². The molecule has 0 bridgehead atoms. The number of aromatic hydroxyl groups is 1. The summed E-state index contributed by atoms with van der Waals surface area (Å²) >= 11 is 0. The molecule has 0 fully saturated rings. The Morgan fingerprint density at radius 3 is 2.63 bits per heavy atom. The lowest BCUT2D eigenvalue weighted by atomic mass is 10.2. The van der Waals surface area contributed by atoms with Crippen molar-refractivity contribution in [2.45, 2.75) is 13.2 Å². The van der Waals surface area contributed by atoms with Crippen LogP contribution in [-0.4, -0.2) is 19.8 Å². The summed E-state index contributed by atoms with van der Waals surface area (Å²) in [7, 11) is 0. The van der Waals surface area contributed by atoms with Crippen LogP contribution in [0.4, 0.5) is 0 Å². The van der Waals surface area contributed by atoms with Gasteiger partial charge in [-0.3, -0.25) is 0 Å². The summed E-state index contributed by atoms with van der Waals surface area (Å²) in [6.07, 6.45) is 3.67. The molecule has 0 saturated heterocycles. The van der Waals surface area contributed by atoms with Crippen LogP contribution in [-0.2, 0) is 13.2 Å². The zero-order chi connectivity index (χ0) is 13.2. The van der Waals surface area contributed by atoms with E-state index in [1.807, 2.05) is 35.0 Å². The molecule has 4 nitrogen and oxygen atoms in total. The van der Waals surface area contributed by atoms with Gasteiger partial charge in [0.2, 0.25) is 0 Å². The number of nitrogens with zero attached hydrogens (tertiary/aromatic N) is 2. The molecule has 19 heavy (non-hydrogen) atoms. The van der Waals surface area contributed by atoms with Crippen LogP contribution in [0, 0.1) is 0 Å². The summed E-state index contributed by atoms with van der Waals surface area (Å²) in [5.74, 6) is 0.260. The standard InChI is InChI=1S/C15H14N2O2/c18-10-12-9-17(15-14(12)2-1-7-16-15)8-11-3-5-13(19)6-4-11/h1-7,9,18-19H,8,10H2. The molecule has 0 unspecified atom stereocenters. The molecule has 2 aromatic heterocycles. The number of hydrogen-bond acceptors (Lipinski definition) is 3. The van der Waals surface area contributed by atoms with Crippen molar-refractivity contribution < 1.29 is 10.2 Å². The van der Waals surface area contributed by atoms with Crippen LogP contribution in [0.5, 0.6) is 5.75 Å². The maximum absolute atomic E-state index is 9.38. The molecular formula is C15H14N2O2. The predicted molar refractivity (Wildman–Crippen MR) is 72.9 cm³/mol. The number of rotatable bonds is 3. The molecule has 3 aromatic rings. The van der Waals surface area contributed by atoms with E-state index in [0.717, 1.165) is 22.2 Å². The van der Waals surface area contributed by atoms with E-state index in [9.17, 15) is 10.2 Å². The van der Waals surface area contributed by atoms with Crippen molar-refractivity contribution in [2.24, 2.45) is 0 Å². The molecule has 2 N–H and O–H groups in total. The Bertz CT molecular complexity index is 702. The number of aliphatic hydroxyl groups is 1. The van der Waals surface area contributed by atoms with E-state index in [2.05, 4.69) is 4.98 Å². The van der Waals surface area contributed by atoms with Crippen molar-refractivity contribution in [2.75, 3.05) is 0 Å². The molecule has 0 spiro atoms. The van der Waals surface area contributed by atoms with Gasteiger partial charge in [-0.15, -0.1) is 0 Å². The van der Waals surface area contributed by atoms with Crippen LogP contribution in [0.25, 0.3) is 11.0 Å². The fraction of sp³-hybridized carbons (Fsp3) is 0.133. The van der Waals surface area contributed by atoms with Gasteiger partial charge in [-0.05, 0) is 29.8 Å².